The molecule has 1 atom stereocenters. The minimum atomic E-state index is -0.704. The average molecular weight is 745 g/mol. The SMILES string of the molecule is CCCCC/C=C\C/C=C\CCCC(CCCCCCCC(=O)O)OC(=O)CCCCCCCCCCCCCCCCCCCCCCCCCC. The number of allylic oxidation sites excluding steroid dienone is 4. The molecule has 312 valence electrons. The maximum Gasteiger partial charge on any atom is 0.306 e. The van der Waals surface area contributed by atoms with E-state index in [-0.39, 0.29) is 18.5 Å². The molecule has 0 bridgehead atoms. The molecule has 0 saturated carbocycles. The lowest BCUT2D eigenvalue weighted by atomic mass is 10.0. The van der Waals surface area contributed by atoms with Crippen molar-refractivity contribution in [3.05, 3.63) is 24.3 Å². The minimum Gasteiger partial charge on any atom is -0.481 e. The molecule has 0 aromatic carbocycles. The molecule has 1 unspecified atom stereocenters. The summed E-state index contributed by atoms with van der Waals surface area (Å²) in [6.07, 6.45) is 58.0. The van der Waals surface area contributed by atoms with Crippen LogP contribution in [0.2, 0.25) is 0 Å². The lowest BCUT2D eigenvalue weighted by Gasteiger charge is -2.18. The summed E-state index contributed by atoms with van der Waals surface area (Å²) < 4.78 is 6.00. The van der Waals surface area contributed by atoms with Crippen LogP contribution in [-0.4, -0.2) is 23.1 Å². The molecule has 1 N–H and O–H groups in total. The third-order valence-electron chi connectivity index (χ3n) is 10.9. The quantitative estimate of drug-likeness (QED) is 0.0383. The molecule has 0 heterocycles. The number of hydrogen-bond donors (Lipinski definition) is 1. The van der Waals surface area contributed by atoms with Crippen molar-refractivity contribution in [2.45, 2.75) is 277 Å². The van der Waals surface area contributed by atoms with Gasteiger partial charge < -0.3 is 9.84 Å². The molecule has 0 fully saturated rings. The lowest BCUT2D eigenvalue weighted by molar-refractivity contribution is -0.150. The predicted molar refractivity (Wildman–Crippen MR) is 232 cm³/mol. The number of carbonyl (C=O) groups is 2. The maximum atomic E-state index is 12.7. The summed E-state index contributed by atoms with van der Waals surface area (Å²) in [7, 11) is 0. The van der Waals surface area contributed by atoms with Gasteiger partial charge in [-0.25, -0.2) is 0 Å². The van der Waals surface area contributed by atoms with Crippen molar-refractivity contribution in [1.82, 2.24) is 0 Å². The fourth-order valence-corrected chi connectivity index (χ4v) is 7.40. The molecule has 0 spiro atoms. The minimum absolute atomic E-state index is 0.0148. The van der Waals surface area contributed by atoms with Gasteiger partial charge in [-0.3, -0.25) is 9.59 Å². The van der Waals surface area contributed by atoms with Gasteiger partial charge in [0.2, 0.25) is 0 Å². The highest BCUT2D eigenvalue weighted by atomic mass is 16.5. The van der Waals surface area contributed by atoms with Gasteiger partial charge in [-0.2, -0.15) is 0 Å². The molecule has 0 radical (unpaired) electrons. The van der Waals surface area contributed by atoms with E-state index in [1.807, 2.05) is 0 Å². The molecule has 0 aromatic heterocycles. The van der Waals surface area contributed by atoms with E-state index in [0.29, 0.717) is 6.42 Å². The van der Waals surface area contributed by atoms with Gasteiger partial charge in [0, 0.05) is 12.8 Å². The number of carboxylic acids is 1. The molecule has 0 aliphatic heterocycles. The molecular weight excluding hydrogens is 653 g/mol. The second kappa shape index (κ2) is 44.8. The summed E-state index contributed by atoms with van der Waals surface area (Å²) in [5, 5.41) is 8.84. The van der Waals surface area contributed by atoms with Crippen LogP contribution in [0.15, 0.2) is 24.3 Å². The zero-order chi connectivity index (χ0) is 38.6. The molecule has 0 rings (SSSR count). The van der Waals surface area contributed by atoms with Crippen LogP contribution >= 0.6 is 0 Å². The third kappa shape index (κ3) is 44.7. The number of carboxylic acid groups (broad SMARTS) is 1. The van der Waals surface area contributed by atoms with E-state index in [2.05, 4.69) is 38.2 Å². The van der Waals surface area contributed by atoms with Gasteiger partial charge in [0.15, 0.2) is 0 Å². The normalized spacial score (nSPS) is 12.3. The van der Waals surface area contributed by atoms with Crippen molar-refractivity contribution in [1.29, 1.82) is 0 Å². The van der Waals surface area contributed by atoms with E-state index in [0.717, 1.165) is 77.0 Å². The van der Waals surface area contributed by atoms with Crippen LogP contribution in [-0.2, 0) is 14.3 Å². The summed E-state index contributed by atoms with van der Waals surface area (Å²) in [6, 6.07) is 0. The van der Waals surface area contributed by atoms with E-state index in [1.54, 1.807) is 0 Å². The van der Waals surface area contributed by atoms with Crippen LogP contribution in [0.25, 0.3) is 0 Å². The number of hydrogen-bond acceptors (Lipinski definition) is 3. The summed E-state index contributed by atoms with van der Waals surface area (Å²) in [5.41, 5.74) is 0. The summed E-state index contributed by atoms with van der Waals surface area (Å²) in [6.45, 7) is 4.54. The Morgan fingerprint density at radius 1 is 0.415 bits per heavy atom. The van der Waals surface area contributed by atoms with Crippen molar-refractivity contribution >= 4 is 11.9 Å². The largest absolute Gasteiger partial charge is 0.481 e. The van der Waals surface area contributed by atoms with Gasteiger partial charge in [0.1, 0.15) is 6.10 Å². The zero-order valence-corrected chi connectivity index (χ0v) is 35.8. The molecule has 0 amide bonds. The average Bonchev–Trinajstić information content (AvgIpc) is 3.14. The molecule has 4 heteroatoms. The van der Waals surface area contributed by atoms with Crippen LogP contribution < -0.4 is 0 Å². The van der Waals surface area contributed by atoms with Crippen molar-refractivity contribution in [2.24, 2.45) is 0 Å². The Kier molecular flexibility index (Phi) is 43.5. The van der Waals surface area contributed by atoms with Crippen LogP contribution in [0, 0.1) is 0 Å². The zero-order valence-electron chi connectivity index (χ0n) is 35.8. The molecular formula is C49H92O4. The number of ether oxygens (including phenoxy) is 1. The van der Waals surface area contributed by atoms with Crippen LogP contribution in [0.4, 0.5) is 0 Å². The van der Waals surface area contributed by atoms with E-state index in [9.17, 15) is 9.59 Å². The number of aliphatic carboxylic acids is 1. The highest BCUT2D eigenvalue weighted by Crippen LogP contribution is 2.19. The Labute approximate surface area is 331 Å². The fourth-order valence-electron chi connectivity index (χ4n) is 7.40. The van der Waals surface area contributed by atoms with E-state index in [4.69, 9.17) is 9.84 Å². The lowest BCUT2D eigenvalue weighted by Crippen LogP contribution is -2.18. The molecule has 0 aliphatic rings. The monoisotopic (exact) mass is 745 g/mol. The summed E-state index contributed by atoms with van der Waals surface area (Å²) >= 11 is 0. The topological polar surface area (TPSA) is 63.6 Å². The summed E-state index contributed by atoms with van der Waals surface area (Å²) in [4.78, 5) is 23.5. The van der Waals surface area contributed by atoms with E-state index >= 15 is 0 Å². The first-order chi connectivity index (χ1) is 26.1. The Bertz CT molecular complexity index is 802. The highest BCUT2D eigenvalue weighted by molar-refractivity contribution is 5.69. The molecule has 4 nitrogen and oxygen atoms in total. The van der Waals surface area contributed by atoms with Crippen molar-refractivity contribution < 1.29 is 19.4 Å². The number of carbonyl (C=O) groups excluding carboxylic acids is 1. The second-order valence-corrected chi connectivity index (χ2v) is 16.3. The highest BCUT2D eigenvalue weighted by Gasteiger charge is 2.14. The first kappa shape index (κ1) is 51.4. The Balaban J connectivity index is 3.83. The van der Waals surface area contributed by atoms with E-state index in [1.165, 1.54) is 167 Å². The van der Waals surface area contributed by atoms with Crippen molar-refractivity contribution in [3.63, 3.8) is 0 Å². The van der Waals surface area contributed by atoms with Gasteiger partial charge in [0.05, 0.1) is 0 Å². The van der Waals surface area contributed by atoms with Crippen molar-refractivity contribution in [3.8, 4) is 0 Å². The number of esters is 1. The molecule has 0 saturated heterocycles. The number of rotatable bonds is 44. The van der Waals surface area contributed by atoms with Crippen LogP contribution in [0.1, 0.15) is 271 Å². The fraction of sp³-hybridized carbons (Fsp3) is 0.878. The van der Waals surface area contributed by atoms with Crippen LogP contribution in [0.5, 0.6) is 0 Å². The van der Waals surface area contributed by atoms with Crippen LogP contribution in [0.3, 0.4) is 0 Å². The molecule has 53 heavy (non-hydrogen) atoms. The maximum absolute atomic E-state index is 12.7. The smallest absolute Gasteiger partial charge is 0.306 e. The van der Waals surface area contributed by atoms with Gasteiger partial charge in [0.25, 0.3) is 0 Å². The second-order valence-electron chi connectivity index (χ2n) is 16.3. The van der Waals surface area contributed by atoms with Gasteiger partial charge >= 0.3 is 11.9 Å². The van der Waals surface area contributed by atoms with Crippen molar-refractivity contribution in [2.75, 3.05) is 0 Å². The third-order valence-corrected chi connectivity index (χ3v) is 10.9. The standard InChI is InChI=1S/C49H92O4/c1-3-5-7-9-11-13-15-16-17-18-19-20-21-22-23-24-25-26-27-29-31-33-38-42-46-49(52)53-47(44-40-36-34-37-41-45-48(50)51)43-39-35-32-30-28-14-12-10-8-6-4-2/h12,14,30,32,47H,3-11,13,15-29,31,33-46H2,1-2H3,(H,50,51)/b14-12-,32-30-. The number of unbranched alkanes of at least 4 members (excludes halogenated alkanes) is 31. The molecule has 0 aliphatic carbocycles. The van der Waals surface area contributed by atoms with Gasteiger partial charge in [-0.15, -0.1) is 0 Å². The molecule has 0 aromatic rings. The van der Waals surface area contributed by atoms with Gasteiger partial charge in [-0.05, 0) is 64.2 Å². The van der Waals surface area contributed by atoms with Gasteiger partial charge in [-0.1, -0.05) is 218 Å². The Morgan fingerprint density at radius 2 is 0.755 bits per heavy atom. The Hall–Kier alpha value is -1.58. The first-order valence-corrected chi connectivity index (χ1v) is 23.8. The first-order valence-electron chi connectivity index (χ1n) is 23.8. The van der Waals surface area contributed by atoms with E-state index < -0.39 is 5.97 Å². The predicted octanol–water partition coefficient (Wildman–Crippen LogP) is 16.7. The Morgan fingerprint density at radius 3 is 1.19 bits per heavy atom. The summed E-state index contributed by atoms with van der Waals surface area (Å²) in [5.74, 6) is -0.719.